The molecule has 0 bridgehead atoms. The molecule has 3 heterocycles. The fourth-order valence-electron chi connectivity index (χ4n) is 4.22. The minimum Gasteiger partial charge on any atom is -0.453 e. The van der Waals surface area contributed by atoms with Crippen molar-refractivity contribution in [3.05, 3.63) is 53.6 Å². The number of rotatable bonds is 7. The third-order valence-electron chi connectivity index (χ3n) is 5.95. The van der Waals surface area contributed by atoms with Crippen LogP contribution >= 0.6 is 0 Å². The van der Waals surface area contributed by atoms with Gasteiger partial charge in [-0.1, -0.05) is 13.0 Å². The van der Waals surface area contributed by atoms with Crippen LogP contribution in [0.4, 0.5) is 4.39 Å². The average Bonchev–Trinajstić information content (AvgIpc) is 3.17. The minimum atomic E-state index is -0.693. The Morgan fingerprint density at radius 3 is 2.75 bits per heavy atom. The van der Waals surface area contributed by atoms with Crippen LogP contribution < -0.4 is 10.5 Å². The zero-order chi connectivity index (χ0) is 22.7. The van der Waals surface area contributed by atoms with Crippen LogP contribution in [0.25, 0.3) is 11.0 Å². The van der Waals surface area contributed by atoms with Gasteiger partial charge in [0.25, 0.3) is 0 Å². The summed E-state index contributed by atoms with van der Waals surface area (Å²) in [7, 11) is 0. The van der Waals surface area contributed by atoms with Gasteiger partial charge in [0.15, 0.2) is 11.6 Å². The third-order valence-corrected chi connectivity index (χ3v) is 5.95. The van der Waals surface area contributed by atoms with E-state index in [0.29, 0.717) is 30.0 Å². The van der Waals surface area contributed by atoms with Gasteiger partial charge in [0, 0.05) is 38.6 Å². The molecule has 1 unspecified atom stereocenters. The van der Waals surface area contributed by atoms with E-state index in [4.69, 9.17) is 10.5 Å². The molecule has 1 amide bonds. The van der Waals surface area contributed by atoms with Crippen LogP contribution in [0, 0.1) is 12.7 Å². The van der Waals surface area contributed by atoms with Crippen molar-refractivity contribution in [2.45, 2.75) is 32.7 Å². The Kier molecular flexibility index (Phi) is 6.72. The first kappa shape index (κ1) is 22.2. The lowest BCUT2D eigenvalue weighted by molar-refractivity contribution is -0.134. The van der Waals surface area contributed by atoms with E-state index in [-0.39, 0.29) is 18.1 Å². The first-order valence-electron chi connectivity index (χ1n) is 11.1. The number of nitrogens with one attached hydrogen (secondary N) is 1. The van der Waals surface area contributed by atoms with Crippen molar-refractivity contribution in [1.82, 2.24) is 19.8 Å². The average molecular weight is 440 g/mol. The van der Waals surface area contributed by atoms with E-state index < -0.39 is 11.9 Å². The number of benzene rings is 1. The molecule has 1 aliphatic rings. The molecule has 0 radical (unpaired) electrons. The number of hydrogen-bond donors (Lipinski definition) is 2. The SMILES string of the molecule is CCCN1CCN(C(=O)C(N)Cc2ccc(Oc3ccnc4[nH]cc(C)c34)c(F)c2)CC1. The maximum absolute atomic E-state index is 14.8. The highest BCUT2D eigenvalue weighted by Gasteiger charge is 2.25. The lowest BCUT2D eigenvalue weighted by atomic mass is 10.0. The van der Waals surface area contributed by atoms with Crippen LogP contribution in [0.15, 0.2) is 36.7 Å². The van der Waals surface area contributed by atoms with Gasteiger partial charge >= 0.3 is 0 Å². The van der Waals surface area contributed by atoms with Crippen LogP contribution in [0.3, 0.4) is 0 Å². The number of H-pyrrole nitrogens is 1. The monoisotopic (exact) mass is 439 g/mol. The molecule has 0 aliphatic carbocycles. The summed E-state index contributed by atoms with van der Waals surface area (Å²) in [5.74, 6) is 0.0840. The lowest BCUT2D eigenvalue weighted by Gasteiger charge is -2.35. The van der Waals surface area contributed by atoms with Gasteiger partial charge in [-0.25, -0.2) is 9.37 Å². The summed E-state index contributed by atoms with van der Waals surface area (Å²) in [6.07, 6.45) is 4.84. The Morgan fingerprint density at radius 1 is 1.25 bits per heavy atom. The molecule has 1 aromatic carbocycles. The van der Waals surface area contributed by atoms with Crippen LogP contribution in [-0.4, -0.2) is 64.4 Å². The van der Waals surface area contributed by atoms with Gasteiger partial charge < -0.3 is 20.4 Å². The Morgan fingerprint density at radius 2 is 2.03 bits per heavy atom. The second-order valence-corrected chi connectivity index (χ2v) is 8.35. The Hall–Kier alpha value is -2.97. The standard InChI is InChI=1S/C24H30FN5O2/c1-3-8-29-9-11-30(12-10-29)24(31)19(26)14-17-4-5-20(18(25)13-17)32-21-6-7-27-23-22(21)16(2)15-28-23/h4-7,13,15,19H,3,8-12,14,26H2,1-2H3,(H,27,28). The number of nitrogens with zero attached hydrogens (tertiary/aromatic N) is 3. The Bertz CT molecular complexity index is 1090. The summed E-state index contributed by atoms with van der Waals surface area (Å²) in [5, 5.41) is 0.822. The molecule has 4 rings (SSSR count). The van der Waals surface area contributed by atoms with E-state index in [1.807, 2.05) is 18.0 Å². The minimum absolute atomic E-state index is 0.0796. The molecule has 1 saturated heterocycles. The molecule has 0 saturated carbocycles. The van der Waals surface area contributed by atoms with Crippen molar-refractivity contribution >= 4 is 16.9 Å². The number of aromatic nitrogens is 2. The molecule has 8 heteroatoms. The van der Waals surface area contributed by atoms with Crippen molar-refractivity contribution in [2.24, 2.45) is 5.73 Å². The molecule has 3 N–H and O–H groups in total. The quantitative estimate of drug-likeness (QED) is 0.590. The number of ether oxygens (including phenoxy) is 1. The fourth-order valence-corrected chi connectivity index (χ4v) is 4.22. The highest BCUT2D eigenvalue weighted by Crippen LogP contribution is 2.32. The topological polar surface area (TPSA) is 87.5 Å². The predicted octanol–water partition coefficient (Wildman–Crippen LogP) is 3.23. The number of nitrogens with two attached hydrogens (primary N) is 1. The van der Waals surface area contributed by atoms with Crippen molar-refractivity contribution in [3.8, 4) is 11.5 Å². The number of amides is 1. The molecular formula is C24H30FN5O2. The van der Waals surface area contributed by atoms with Crippen LogP contribution in [0.1, 0.15) is 24.5 Å². The highest BCUT2D eigenvalue weighted by atomic mass is 19.1. The van der Waals surface area contributed by atoms with Gasteiger partial charge in [0.2, 0.25) is 5.91 Å². The molecule has 1 atom stereocenters. The molecule has 7 nitrogen and oxygen atoms in total. The Labute approximate surface area is 187 Å². The maximum atomic E-state index is 14.8. The molecule has 3 aromatic rings. The number of aromatic amines is 1. The van der Waals surface area contributed by atoms with E-state index in [1.165, 1.54) is 6.07 Å². The van der Waals surface area contributed by atoms with Crippen molar-refractivity contribution < 1.29 is 13.9 Å². The fraction of sp³-hybridized carbons (Fsp3) is 0.417. The summed E-state index contributed by atoms with van der Waals surface area (Å²) in [6.45, 7) is 8.26. The van der Waals surface area contributed by atoms with E-state index in [0.717, 1.165) is 37.0 Å². The zero-order valence-electron chi connectivity index (χ0n) is 18.6. The maximum Gasteiger partial charge on any atom is 0.239 e. The normalized spacial score (nSPS) is 15.8. The van der Waals surface area contributed by atoms with Crippen LogP contribution in [0.5, 0.6) is 11.5 Å². The molecular weight excluding hydrogens is 409 g/mol. The first-order chi connectivity index (χ1) is 15.5. The number of pyridine rings is 1. The van der Waals surface area contributed by atoms with E-state index >= 15 is 0 Å². The zero-order valence-corrected chi connectivity index (χ0v) is 18.6. The third kappa shape index (κ3) is 4.76. The number of fused-ring (bicyclic) bond motifs is 1. The second-order valence-electron chi connectivity index (χ2n) is 8.35. The molecule has 170 valence electrons. The molecule has 1 aliphatic heterocycles. The van der Waals surface area contributed by atoms with Crippen molar-refractivity contribution in [2.75, 3.05) is 32.7 Å². The van der Waals surface area contributed by atoms with E-state index in [9.17, 15) is 9.18 Å². The summed E-state index contributed by atoms with van der Waals surface area (Å²) < 4.78 is 20.6. The summed E-state index contributed by atoms with van der Waals surface area (Å²) in [5.41, 5.74) is 8.51. The van der Waals surface area contributed by atoms with Crippen molar-refractivity contribution in [1.29, 1.82) is 0 Å². The van der Waals surface area contributed by atoms with Gasteiger partial charge in [-0.05, 0) is 55.6 Å². The lowest BCUT2D eigenvalue weighted by Crippen LogP contribution is -2.53. The molecule has 0 spiro atoms. The predicted molar refractivity (Wildman–Crippen MR) is 122 cm³/mol. The van der Waals surface area contributed by atoms with E-state index in [2.05, 4.69) is 21.8 Å². The first-order valence-corrected chi connectivity index (χ1v) is 11.1. The van der Waals surface area contributed by atoms with Crippen molar-refractivity contribution in [3.63, 3.8) is 0 Å². The summed E-state index contributed by atoms with van der Waals surface area (Å²) >= 11 is 0. The smallest absolute Gasteiger partial charge is 0.239 e. The summed E-state index contributed by atoms with van der Waals surface area (Å²) in [4.78, 5) is 24.2. The Balaban J connectivity index is 1.40. The van der Waals surface area contributed by atoms with Crippen LogP contribution in [-0.2, 0) is 11.2 Å². The number of piperazine rings is 1. The summed E-state index contributed by atoms with van der Waals surface area (Å²) in [6, 6.07) is 5.75. The highest BCUT2D eigenvalue weighted by molar-refractivity contribution is 5.86. The van der Waals surface area contributed by atoms with Gasteiger partial charge in [-0.2, -0.15) is 0 Å². The van der Waals surface area contributed by atoms with Gasteiger partial charge in [0.1, 0.15) is 11.4 Å². The van der Waals surface area contributed by atoms with Gasteiger partial charge in [0.05, 0.1) is 11.4 Å². The largest absolute Gasteiger partial charge is 0.453 e. The number of carbonyl (C=O) groups is 1. The van der Waals surface area contributed by atoms with Crippen LogP contribution in [0.2, 0.25) is 0 Å². The van der Waals surface area contributed by atoms with Gasteiger partial charge in [-0.3, -0.25) is 9.69 Å². The molecule has 1 fully saturated rings. The molecule has 2 aromatic heterocycles. The van der Waals surface area contributed by atoms with E-state index in [1.54, 1.807) is 24.4 Å². The molecule has 32 heavy (non-hydrogen) atoms. The number of carbonyl (C=O) groups excluding carboxylic acids is 1. The number of aryl methyl sites for hydroxylation is 1. The van der Waals surface area contributed by atoms with Gasteiger partial charge in [-0.15, -0.1) is 0 Å². The second kappa shape index (κ2) is 9.67. The number of halogens is 1. The number of hydrogen-bond acceptors (Lipinski definition) is 5.